The van der Waals surface area contributed by atoms with Gasteiger partial charge in [0.1, 0.15) is 41.4 Å². The van der Waals surface area contributed by atoms with Crippen LogP contribution in [0, 0.1) is 5.92 Å². The highest BCUT2D eigenvalue weighted by molar-refractivity contribution is 5.95. The summed E-state index contributed by atoms with van der Waals surface area (Å²) in [5.74, 6) is -3.72. The number of nitrogens with zero attached hydrogens (tertiary/aromatic N) is 2. The number of hydrogen-bond donors (Lipinski definition) is 6. The van der Waals surface area contributed by atoms with Gasteiger partial charge in [-0.3, -0.25) is 28.9 Å². The van der Waals surface area contributed by atoms with E-state index in [4.69, 9.17) is 15.2 Å². The zero-order chi connectivity index (χ0) is 48.5. The Bertz CT molecular complexity index is 1890. The summed E-state index contributed by atoms with van der Waals surface area (Å²) in [6.45, 7) is 16.3. The summed E-state index contributed by atoms with van der Waals surface area (Å²) in [5.41, 5.74) is 4.79. The van der Waals surface area contributed by atoms with Gasteiger partial charge in [0, 0.05) is 32.6 Å². The van der Waals surface area contributed by atoms with Gasteiger partial charge in [0.2, 0.25) is 23.6 Å². The molecule has 17 heteroatoms. The number of rotatable bonds is 21. The summed E-state index contributed by atoms with van der Waals surface area (Å²) in [4.78, 5) is 96.9. The minimum atomic E-state index is -1.48. The van der Waals surface area contributed by atoms with E-state index in [1.807, 2.05) is 69.3 Å². The molecule has 1 heterocycles. The maximum Gasteiger partial charge on any atom is 0.410 e. The SMILES string of the molecule is CC(C)C[C@@H](NC(=O)[C@@H](Cc1ccccc1)NC(=O)CN(C[C@H](C)c1ccccc1)C(=O)OC(C)(C)C)C(=O)N[C@H](CCCCNC(=O)OC(C)(C)C)C(=O)N1CCC(N)(C(=O)O)CC1. The molecule has 1 saturated heterocycles. The molecule has 1 aliphatic heterocycles. The fraction of sp³-hybridized carbons (Fsp3) is 0.604. The van der Waals surface area contributed by atoms with Crippen molar-refractivity contribution in [2.45, 2.75) is 148 Å². The molecule has 17 nitrogen and oxygen atoms in total. The molecule has 0 unspecified atom stereocenters. The lowest BCUT2D eigenvalue weighted by Crippen LogP contribution is -2.60. The number of carboxylic acids is 1. The Balaban J connectivity index is 1.84. The fourth-order valence-corrected chi connectivity index (χ4v) is 7.26. The number of likely N-dealkylation sites (tertiary alicyclic amines) is 1. The number of alkyl carbamates (subject to hydrolysis) is 1. The monoisotopic (exact) mass is 908 g/mol. The maximum absolute atomic E-state index is 14.3. The summed E-state index contributed by atoms with van der Waals surface area (Å²) in [5, 5.41) is 20.9. The summed E-state index contributed by atoms with van der Waals surface area (Å²) >= 11 is 0. The molecule has 0 aromatic heterocycles. The Morgan fingerprint density at radius 1 is 0.769 bits per heavy atom. The number of amides is 6. The second-order valence-electron chi connectivity index (χ2n) is 19.4. The van der Waals surface area contributed by atoms with Crippen LogP contribution in [0.5, 0.6) is 0 Å². The highest BCUT2D eigenvalue weighted by Crippen LogP contribution is 2.22. The second kappa shape index (κ2) is 24.5. The highest BCUT2D eigenvalue weighted by Gasteiger charge is 2.40. The van der Waals surface area contributed by atoms with Crippen molar-refractivity contribution in [3.63, 3.8) is 0 Å². The van der Waals surface area contributed by atoms with Gasteiger partial charge in [0.15, 0.2) is 0 Å². The van der Waals surface area contributed by atoms with Gasteiger partial charge in [-0.15, -0.1) is 0 Å². The average Bonchev–Trinajstić information content (AvgIpc) is 3.21. The molecule has 2 aromatic rings. The first kappa shape index (κ1) is 53.6. The number of carbonyl (C=O) groups excluding carboxylic acids is 6. The van der Waals surface area contributed by atoms with Crippen LogP contribution in [0.2, 0.25) is 0 Å². The van der Waals surface area contributed by atoms with Gasteiger partial charge in [-0.05, 0) is 103 Å². The van der Waals surface area contributed by atoms with Gasteiger partial charge in [0.25, 0.3) is 0 Å². The normalized spacial score (nSPS) is 15.6. The minimum absolute atomic E-state index is 0.0245. The zero-order valence-electron chi connectivity index (χ0n) is 39.7. The number of carbonyl (C=O) groups is 7. The van der Waals surface area contributed by atoms with E-state index in [2.05, 4.69) is 21.3 Å². The Morgan fingerprint density at radius 2 is 1.32 bits per heavy atom. The first-order chi connectivity index (χ1) is 30.4. The molecule has 360 valence electrons. The molecule has 0 bridgehead atoms. The molecule has 0 spiro atoms. The third kappa shape index (κ3) is 19.1. The standard InChI is InChI=1S/C48H73N7O10/c1-32(2)28-37(40(57)52-36(22-16-17-25-50-44(62)64-46(4,5)6)42(59)54-26-23-48(49,24-27-54)43(60)61)53-41(58)38(29-34-18-12-10-13-19-34)51-39(56)31-55(45(63)65-47(7,8)9)30-33(3)35-20-14-11-15-21-35/h10-15,18-21,32-33,36-38H,16-17,22-31,49H2,1-9H3,(H,50,62)(H,51,56)(H,52,57)(H,53,58)(H,60,61)/t33-,36+,37+,38+/m0/s1. The number of carboxylic acid groups (broad SMARTS) is 1. The van der Waals surface area contributed by atoms with Crippen molar-refractivity contribution in [1.82, 2.24) is 31.1 Å². The Kier molecular flexibility index (Phi) is 20.2. The average molecular weight is 908 g/mol. The van der Waals surface area contributed by atoms with Crippen molar-refractivity contribution in [2.24, 2.45) is 11.7 Å². The van der Waals surface area contributed by atoms with E-state index in [9.17, 15) is 38.7 Å². The third-order valence-corrected chi connectivity index (χ3v) is 10.7. The molecular weight excluding hydrogens is 835 g/mol. The van der Waals surface area contributed by atoms with Gasteiger partial charge >= 0.3 is 18.2 Å². The van der Waals surface area contributed by atoms with Crippen LogP contribution in [0.3, 0.4) is 0 Å². The highest BCUT2D eigenvalue weighted by atomic mass is 16.6. The van der Waals surface area contributed by atoms with Crippen LogP contribution >= 0.6 is 0 Å². The Labute approximate surface area is 384 Å². The second-order valence-corrected chi connectivity index (χ2v) is 19.4. The summed E-state index contributed by atoms with van der Waals surface area (Å²) < 4.78 is 11.0. The van der Waals surface area contributed by atoms with E-state index in [1.54, 1.807) is 53.7 Å². The van der Waals surface area contributed by atoms with Crippen LogP contribution in [-0.2, 0) is 39.9 Å². The van der Waals surface area contributed by atoms with E-state index in [-0.39, 0.29) is 70.1 Å². The first-order valence-electron chi connectivity index (χ1n) is 22.6. The smallest absolute Gasteiger partial charge is 0.410 e. The largest absolute Gasteiger partial charge is 0.480 e. The van der Waals surface area contributed by atoms with E-state index in [0.29, 0.717) is 12.8 Å². The predicted molar refractivity (Wildman–Crippen MR) is 247 cm³/mol. The molecule has 0 radical (unpaired) electrons. The molecule has 4 atom stereocenters. The van der Waals surface area contributed by atoms with Crippen LogP contribution in [0.1, 0.15) is 118 Å². The van der Waals surface area contributed by atoms with Crippen LogP contribution in [0.25, 0.3) is 0 Å². The maximum atomic E-state index is 14.3. The molecule has 0 aliphatic carbocycles. The van der Waals surface area contributed by atoms with Gasteiger partial charge in [-0.1, -0.05) is 81.4 Å². The quantitative estimate of drug-likeness (QED) is 0.0925. The molecule has 1 fully saturated rings. The lowest BCUT2D eigenvalue weighted by Gasteiger charge is -2.38. The fourth-order valence-electron chi connectivity index (χ4n) is 7.26. The number of unbranched alkanes of at least 4 members (excludes halogenated alkanes) is 1. The van der Waals surface area contributed by atoms with Crippen LogP contribution < -0.4 is 27.0 Å². The topological polar surface area (TPSA) is 239 Å². The van der Waals surface area contributed by atoms with E-state index in [1.165, 1.54) is 9.80 Å². The van der Waals surface area contributed by atoms with Gasteiger partial charge in [-0.25, -0.2) is 9.59 Å². The van der Waals surface area contributed by atoms with Crippen molar-refractivity contribution < 1.29 is 48.1 Å². The molecule has 2 aromatic carbocycles. The summed E-state index contributed by atoms with van der Waals surface area (Å²) in [6, 6.07) is 15.3. The number of aliphatic carboxylic acids is 1. The van der Waals surface area contributed by atoms with Crippen molar-refractivity contribution in [3.8, 4) is 0 Å². The molecular formula is C48H73N7O10. The first-order valence-corrected chi connectivity index (χ1v) is 22.6. The minimum Gasteiger partial charge on any atom is -0.480 e. The van der Waals surface area contributed by atoms with E-state index >= 15 is 0 Å². The van der Waals surface area contributed by atoms with Crippen molar-refractivity contribution >= 4 is 41.8 Å². The lowest BCUT2D eigenvalue weighted by molar-refractivity contribution is -0.148. The van der Waals surface area contributed by atoms with Gasteiger partial charge in [0.05, 0.1) is 0 Å². The van der Waals surface area contributed by atoms with Crippen molar-refractivity contribution in [3.05, 3.63) is 71.8 Å². The number of nitrogens with one attached hydrogen (secondary N) is 4. The van der Waals surface area contributed by atoms with Crippen LogP contribution in [-0.4, -0.2) is 124 Å². The third-order valence-electron chi connectivity index (χ3n) is 10.7. The molecule has 0 saturated carbocycles. The van der Waals surface area contributed by atoms with E-state index in [0.717, 1.165) is 11.1 Å². The Morgan fingerprint density at radius 3 is 1.88 bits per heavy atom. The molecule has 1 aliphatic rings. The molecule has 7 N–H and O–H groups in total. The Hall–Kier alpha value is -5.71. The van der Waals surface area contributed by atoms with Crippen molar-refractivity contribution in [1.29, 1.82) is 0 Å². The molecule has 6 amide bonds. The van der Waals surface area contributed by atoms with Gasteiger partial charge < -0.3 is 46.5 Å². The van der Waals surface area contributed by atoms with Gasteiger partial charge in [-0.2, -0.15) is 0 Å². The van der Waals surface area contributed by atoms with Crippen molar-refractivity contribution in [2.75, 3.05) is 32.7 Å². The van der Waals surface area contributed by atoms with Crippen LogP contribution in [0.4, 0.5) is 9.59 Å². The van der Waals surface area contributed by atoms with Crippen LogP contribution in [0.15, 0.2) is 60.7 Å². The lowest BCUT2D eigenvalue weighted by atomic mass is 9.88. The number of nitrogens with two attached hydrogens (primary N) is 1. The summed E-state index contributed by atoms with van der Waals surface area (Å²) in [6.07, 6.45) is 0.0663. The number of ether oxygens (including phenoxy) is 2. The molecule has 3 rings (SSSR count). The number of benzene rings is 2. The molecule has 65 heavy (non-hydrogen) atoms. The number of piperidine rings is 1. The van der Waals surface area contributed by atoms with E-state index < -0.39 is 83.2 Å². The number of hydrogen-bond acceptors (Lipinski definition) is 10. The zero-order valence-corrected chi connectivity index (χ0v) is 39.7. The summed E-state index contributed by atoms with van der Waals surface area (Å²) in [7, 11) is 0. The predicted octanol–water partition coefficient (Wildman–Crippen LogP) is 4.87.